The van der Waals surface area contributed by atoms with Crippen molar-refractivity contribution in [3.63, 3.8) is 0 Å². The zero-order chi connectivity index (χ0) is 9.97. The fourth-order valence-electron chi connectivity index (χ4n) is 2.03. The highest BCUT2D eigenvalue weighted by molar-refractivity contribution is 6.29. The standard InChI is InChI=1S/C10H14ClN3/c1-2-8-4-3-5-14(8)10-7-12-6-9(11)13-10/h6-8H,2-5H2,1H3. The number of hydrogen-bond donors (Lipinski definition) is 0. The Hall–Kier alpha value is -0.830. The summed E-state index contributed by atoms with van der Waals surface area (Å²) in [5.74, 6) is 0.918. The van der Waals surface area contributed by atoms with Gasteiger partial charge < -0.3 is 4.90 Å². The highest BCUT2D eigenvalue weighted by atomic mass is 35.5. The lowest BCUT2D eigenvalue weighted by Gasteiger charge is -2.24. The third kappa shape index (κ3) is 1.82. The Kier molecular flexibility index (Phi) is 2.87. The Bertz CT molecular complexity index is 316. The predicted molar refractivity (Wildman–Crippen MR) is 57.7 cm³/mol. The molecule has 2 rings (SSSR count). The van der Waals surface area contributed by atoms with E-state index >= 15 is 0 Å². The topological polar surface area (TPSA) is 29.0 Å². The molecule has 0 N–H and O–H groups in total. The van der Waals surface area contributed by atoms with Crippen molar-refractivity contribution in [1.82, 2.24) is 9.97 Å². The minimum atomic E-state index is 0.476. The van der Waals surface area contributed by atoms with E-state index in [1.807, 2.05) is 0 Å². The molecule has 0 amide bonds. The summed E-state index contributed by atoms with van der Waals surface area (Å²) >= 11 is 5.81. The van der Waals surface area contributed by atoms with Gasteiger partial charge in [-0.2, -0.15) is 0 Å². The first-order valence-electron chi connectivity index (χ1n) is 5.05. The summed E-state index contributed by atoms with van der Waals surface area (Å²) in [6.45, 7) is 3.29. The highest BCUT2D eigenvalue weighted by Gasteiger charge is 2.24. The first kappa shape index (κ1) is 9.71. The molecule has 0 spiro atoms. The van der Waals surface area contributed by atoms with Crippen LogP contribution in [0.5, 0.6) is 0 Å². The molecule has 0 aliphatic carbocycles. The molecule has 1 atom stereocenters. The van der Waals surface area contributed by atoms with Crippen LogP contribution in [0, 0.1) is 0 Å². The van der Waals surface area contributed by atoms with Crippen molar-refractivity contribution >= 4 is 17.4 Å². The summed E-state index contributed by atoms with van der Waals surface area (Å²) in [5, 5.41) is 0.476. The zero-order valence-electron chi connectivity index (χ0n) is 8.28. The second kappa shape index (κ2) is 4.13. The molecule has 1 saturated heterocycles. The van der Waals surface area contributed by atoms with Crippen LogP contribution in [0.25, 0.3) is 0 Å². The van der Waals surface area contributed by atoms with Crippen molar-refractivity contribution in [1.29, 1.82) is 0 Å². The fourth-order valence-corrected chi connectivity index (χ4v) is 2.18. The van der Waals surface area contributed by atoms with E-state index in [4.69, 9.17) is 11.6 Å². The molecule has 3 nitrogen and oxygen atoms in total. The van der Waals surface area contributed by atoms with E-state index in [-0.39, 0.29) is 0 Å². The van der Waals surface area contributed by atoms with Crippen LogP contribution < -0.4 is 4.90 Å². The maximum atomic E-state index is 5.81. The molecular weight excluding hydrogens is 198 g/mol. The van der Waals surface area contributed by atoms with Crippen molar-refractivity contribution in [2.75, 3.05) is 11.4 Å². The highest BCUT2D eigenvalue weighted by Crippen LogP contribution is 2.25. The largest absolute Gasteiger partial charge is 0.352 e. The average Bonchev–Trinajstić information content (AvgIpc) is 2.65. The van der Waals surface area contributed by atoms with Crippen molar-refractivity contribution < 1.29 is 0 Å². The lowest BCUT2D eigenvalue weighted by molar-refractivity contribution is 0.639. The molecule has 0 aromatic carbocycles. The van der Waals surface area contributed by atoms with Crippen LogP contribution in [0.3, 0.4) is 0 Å². The normalized spacial score (nSPS) is 21.6. The minimum absolute atomic E-state index is 0.476. The van der Waals surface area contributed by atoms with E-state index in [1.165, 1.54) is 12.8 Å². The maximum absolute atomic E-state index is 5.81. The number of rotatable bonds is 2. The second-order valence-corrected chi connectivity index (χ2v) is 3.98. The van der Waals surface area contributed by atoms with Crippen molar-refractivity contribution in [2.45, 2.75) is 32.2 Å². The number of aromatic nitrogens is 2. The Labute approximate surface area is 89.1 Å². The summed E-state index contributed by atoms with van der Waals surface area (Å²) < 4.78 is 0. The van der Waals surface area contributed by atoms with Gasteiger partial charge in [-0.15, -0.1) is 0 Å². The van der Waals surface area contributed by atoms with E-state index in [9.17, 15) is 0 Å². The Morgan fingerprint density at radius 1 is 1.57 bits per heavy atom. The molecule has 2 heterocycles. The molecular formula is C10H14ClN3. The predicted octanol–water partition coefficient (Wildman–Crippen LogP) is 2.51. The minimum Gasteiger partial charge on any atom is -0.352 e. The molecule has 1 aromatic heterocycles. The van der Waals surface area contributed by atoms with E-state index < -0.39 is 0 Å². The quantitative estimate of drug-likeness (QED) is 0.753. The van der Waals surface area contributed by atoms with Crippen LogP contribution >= 0.6 is 11.6 Å². The smallest absolute Gasteiger partial charge is 0.149 e. The van der Waals surface area contributed by atoms with Crippen LogP contribution in [0.2, 0.25) is 5.15 Å². The molecule has 0 saturated carbocycles. The summed E-state index contributed by atoms with van der Waals surface area (Å²) in [6, 6.07) is 0.614. The molecule has 0 radical (unpaired) electrons. The summed E-state index contributed by atoms with van der Waals surface area (Å²) in [4.78, 5) is 10.6. The number of anilines is 1. The van der Waals surface area contributed by atoms with Crippen LogP contribution in [0.15, 0.2) is 12.4 Å². The Balaban J connectivity index is 2.21. The van der Waals surface area contributed by atoms with Gasteiger partial charge in [0.15, 0.2) is 0 Å². The van der Waals surface area contributed by atoms with Gasteiger partial charge in [-0.1, -0.05) is 18.5 Å². The number of hydrogen-bond acceptors (Lipinski definition) is 3. The van der Waals surface area contributed by atoms with Crippen LogP contribution in [0.1, 0.15) is 26.2 Å². The SMILES string of the molecule is CCC1CCCN1c1cncc(Cl)n1. The molecule has 1 aliphatic rings. The molecule has 1 aliphatic heterocycles. The maximum Gasteiger partial charge on any atom is 0.149 e. The first-order chi connectivity index (χ1) is 6.81. The average molecular weight is 212 g/mol. The lowest BCUT2D eigenvalue weighted by Crippen LogP contribution is -2.29. The Morgan fingerprint density at radius 2 is 2.43 bits per heavy atom. The van der Waals surface area contributed by atoms with E-state index in [0.29, 0.717) is 11.2 Å². The van der Waals surface area contributed by atoms with Gasteiger partial charge >= 0.3 is 0 Å². The number of nitrogens with zero attached hydrogens (tertiary/aromatic N) is 3. The van der Waals surface area contributed by atoms with Crippen molar-refractivity contribution in [3.05, 3.63) is 17.5 Å². The van der Waals surface area contributed by atoms with Gasteiger partial charge in [-0.25, -0.2) is 4.98 Å². The first-order valence-corrected chi connectivity index (χ1v) is 5.43. The molecule has 0 bridgehead atoms. The van der Waals surface area contributed by atoms with Crippen molar-refractivity contribution in [2.24, 2.45) is 0 Å². The van der Waals surface area contributed by atoms with Gasteiger partial charge in [0.25, 0.3) is 0 Å². The lowest BCUT2D eigenvalue weighted by atomic mass is 10.2. The van der Waals surface area contributed by atoms with Crippen molar-refractivity contribution in [3.8, 4) is 0 Å². The fraction of sp³-hybridized carbons (Fsp3) is 0.600. The van der Waals surface area contributed by atoms with Gasteiger partial charge in [-0.05, 0) is 19.3 Å². The molecule has 4 heteroatoms. The Morgan fingerprint density at radius 3 is 3.14 bits per heavy atom. The molecule has 14 heavy (non-hydrogen) atoms. The van der Waals surface area contributed by atoms with E-state index in [1.54, 1.807) is 12.4 Å². The number of halogens is 1. The molecule has 1 unspecified atom stereocenters. The van der Waals surface area contributed by atoms with Gasteiger partial charge in [0, 0.05) is 12.6 Å². The van der Waals surface area contributed by atoms with Gasteiger partial charge in [0.1, 0.15) is 11.0 Å². The monoisotopic (exact) mass is 211 g/mol. The van der Waals surface area contributed by atoms with Gasteiger partial charge in [-0.3, -0.25) is 4.98 Å². The van der Waals surface area contributed by atoms with Gasteiger partial charge in [0.2, 0.25) is 0 Å². The van der Waals surface area contributed by atoms with Gasteiger partial charge in [0.05, 0.1) is 12.4 Å². The van der Waals surface area contributed by atoms with E-state index in [2.05, 4.69) is 21.8 Å². The third-order valence-electron chi connectivity index (χ3n) is 2.74. The van der Waals surface area contributed by atoms with Crippen LogP contribution in [-0.4, -0.2) is 22.6 Å². The summed E-state index contributed by atoms with van der Waals surface area (Å²) in [5.41, 5.74) is 0. The van der Waals surface area contributed by atoms with Crippen LogP contribution in [0.4, 0.5) is 5.82 Å². The third-order valence-corrected chi connectivity index (χ3v) is 2.92. The van der Waals surface area contributed by atoms with E-state index in [0.717, 1.165) is 18.8 Å². The molecule has 1 fully saturated rings. The molecule has 1 aromatic rings. The molecule has 76 valence electrons. The summed E-state index contributed by atoms with van der Waals surface area (Å²) in [7, 11) is 0. The van der Waals surface area contributed by atoms with Crippen LogP contribution in [-0.2, 0) is 0 Å². The summed E-state index contributed by atoms with van der Waals surface area (Å²) in [6.07, 6.45) is 7.02. The zero-order valence-corrected chi connectivity index (χ0v) is 9.04. The second-order valence-electron chi connectivity index (χ2n) is 3.60.